The largest absolute Gasteiger partial charge is 0.356 e. The third-order valence-corrected chi connectivity index (χ3v) is 5.90. The van der Waals surface area contributed by atoms with Crippen LogP contribution in [0.1, 0.15) is 24.8 Å². The van der Waals surface area contributed by atoms with E-state index in [0.29, 0.717) is 23.5 Å². The summed E-state index contributed by atoms with van der Waals surface area (Å²) < 4.78 is 0. The topological polar surface area (TPSA) is 86.9 Å². The molecule has 2 aromatic rings. The predicted octanol–water partition coefficient (Wildman–Crippen LogP) is 1.13. The molecule has 0 atom stereocenters. The predicted molar refractivity (Wildman–Crippen MR) is 107 cm³/mol. The van der Waals surface area contributed by atoms with Crippen molar-refractivity contribution in [2.75, 3.05) is 29.4 Å². The van der Waals surface area contributed by atoms with E-state index in [1.54, 1.807) is 17.2 Å². The second-order valence-corrected chi connectivity index (χ2v) is 7.91. The molecule has 0 aromatic carbocycles. The van der Waals surface area contributed by atoms with E-state index in [0.717, 1.165) is 30.2 Å². The summed E-state index contributed by atoms with van der Waals surface area (Å²) in [5.41, 5.74) is 2.75. The van der Waals surface area contributed by atoms with Gasteiger partial charge in [0.15, 0.2) is 0 Å². The summed E-state index contributed by atoms with van der Waals surface area (Å²) in [5, 5.41) is 9.12. The van der Waals surface area contributed by atoms with Crippen molar-refractivity contribution in [2.24, 2.45) is 5.41 Å². The molecule has 28 heavy (non-hydrogen) atoms. The number of carbonyl (C=O) groups excluding carboxylic acids is 1. The molecule has 2 aromatic heterocycles. The summed E-state index contributed by atoms with van der Waals surface area (Å²) in [4.78, 5) is 25.0. The highest BCUT2D eigenvalue weighted by Crippen LogP contribution is 2.53. The molecule has 2 aliphatic heterocycles. The molecule has 1 aliphatic carbocycles. The Labute approximate surface area is 163 Å². The Balaban J connectivity index is 1.27. The fourth-order valence-corrected chi connectivity index (χ4v) is 4.00. The molecule has 3 fully saturated rings. The Morgan fingerprint density at radius 3 is 2.71 bits per heavy atom. The van der Waals surface area contributed by atoms with Crippen molar-refractivity contribution in [3.63, 3.8) is 0 Å². The Morgan fingerprint density at radius 2 is 2.04 bits per heavy atom. The smallest absolute Gasteiger partial charge is 0.327 e. The first-order chi connectivity index (χ1) is 13.6. The van der Waals surface area contributed by atoms with Crippen LogP contribution in [0.3, 0.4) is 0 Å². The Kier molecular flexibility index (Phi) is 3.89. The number of urea groups is 1. The summed E-state index contributed by atoms with van der Waals surface area (Å²) in [6, 6.07) is 9.33. The number of amides is 2. The lowest BCUT2D eigenvalue weighted by Gasteiger charge is -2.17. The maximum atomic E-state index is 12.2. The molecule has 1 saturated carbocycles. The van der Waals surface area contributed by atoms with E-state index in [-0.39, 0.29) is 6.03 Å². The highest BCUT2D eigenvalue weighted by Gasteiger charge is 2.47. The lowest BCUT2D eigenvalue weighted by atomic mass is 10.1. The average Bonchev–Trinajstić information content (AvgIpc) is 3.18. The van der Waals surface area contributed by atoms with Crippen LogP contribution in [0, 0.1) is 5.41 Å². The molecule has 0 bridgehead atoms. The monoisotopic (exact) mass is 375 g/mol. The van der Waals surface area contributed by atoms with Gasteiger partial charge in [0.05, 0.1) is 12.1 Å². The van der Waals surface area contributed by atoms with E-state index in [9.17, 15) is 4.79 Å². The van der Waals surface area contributed by atoms with E-state index < -0.39 is 0 Å². The number of rotatable bonds is 4. The van der Waals surface area contributed by atoms with Gasteiger partial charge in [-0.3, -0.25) is 10.3 Å². The lowest BCUT2D eigenvalue weighted by Crippen LogP contribution is -2.39. The van der Waals surface area contributed by atoms with Crippen molar-refractivity contribution in [3.8, 4) is 0 Å². The molecule has 0 radical (unpaired) electrons. The number of nitrogens with two attached hydrogens (primary N) is 1. The molecular formula is C21H23N6O+. The Hall–Kier alpha value is -3.22. The minimum atomic E-state index is -0.200. The first kappa shape index (κ1) is 16.9. The van der Waals surface area contributed by atoms with E-state index in [4.69, 9.17) is 5.41 Å². The van der Waals surface area contributed by atoms with Gasteiger partial charge in [-0.25, -0.2) is 14.8 Å². The van der Waals surface area contributed by atoms with Crippen LogP contribution in [0.5, 0.6) is 0 Å². The molecule has 4 heterocycles. The number of anilines is 2. The van der Waals surface area contributed by atoms with Gasteiger partial charge < -0.3 is 10.2 Å². The van der Waals surface area contributed by atoms with Crippen LogP contribution >= 0.6 is 0 Å². The number of aromatic nitrogens is 2. The lowest BCUT2D eigenvalue weighted by molar-refractivity contribution is -0.111. The van der Waals surface area contributed by atoms with Crippen LogP contribution in [-0.4, -0.2) is 41.3 Å². The van der Waals surface area contributed by atoms with Gasteiger partial charge in [0.2, 0.25) is 5.71 Å². The van der Waals surface area contributed by atoms with Gasteiger partial charge in [-0.2, -0.15) is 0 Å². The van der Waals surface area contributed by atoms with Crippen molar-refractivity contribution in [1.82, 2.24) is 15.3 Å². The standard InChI is InChI=1S/C21H22N6O/c22-17(11-16-13-27(20(28)25-16)19-3-1-2-9-23-19)15-4-5-18(24-12-15)26-10-8-21(14-26)6-7-21/h1-5,9,11-12,22H,6-8,10,13-14H2,(H,25,28)/p+1/b16-11-,22-17?. The summed E-state index contributed by atoms with van der Waals surface area (Å²) in [6.07, 6.45) is 9.28. The zero-order chi connectivity index (χ0) is 19.1. The minimum Gasteiger partial charge on any atom is -0.356 e. The number of hydrogen-bond donors (Lipinski definition) is 2. The van der Waals surface area contributed by atoms with Crippen molar-refractivity contribution in [1.29, 1.82) is 0 Å². The SMILES string of the molecule is [NH2+]=C(/C=C1/CN(c2ccccn2)C(=O)N1)c1ccc(N2CCC3(CC3)C2)nc1. The number of allylic oxidation sites excluding steroid dienone is 1. The van der Waals surface area contributed by atoms with E-state index in [1.807, 2.05) is 36.5 Å². The van der Waals surface area contributed by atoms with Crippen molar-refractivity contribution in [3.05, 3.63) is 60.1 Å². The van der Waals surface area contributed by atoms with Gasteiger partial charge in [-0.1, -0.05) is 6.07 Å². The van der Waals surface area contributed by atoms with Crippen LogP contribution in [-0.2, 0) is 0 Å². The number of carbonyl (C=O) groups is 1. The highest BCUT2D eigenvalue weighted by atomic mass is 16.2. The summed E-state index contributed by atoms with van der Waals surface area (Å²) in [5.74, 6) is 1.63. The van der Waals surface area contributed by atoms with E-state index in [2.05, 4.69) is 20.2 Å². The van der Waals surface area contributed by atoms with Crippen LogP contribution in [0.4, 0.5) is 16.4 Å². The Bertz CT molecular complexity index is 949. The van der Waals surface area contributed by atoms with Gasteiger partial charge in [-0.05, 0) is 48.9 Å². The zero-order valence-corrected chi connectivity index (χ0v) is 15.6. The second-order valence-electron chi connectivity index (χ2n) is 7.91. The molecule has 2 amide bonds. The van der Waals surface area contributed by atoms with Crippen LogP contribution < -0.4 is 20.5 Å². The summed E-state index contributed by atoms with van der Waals surface area (Å²) in [6.45, 7) is 2.63. The molecule has 2 saturated heterocycles. The molecule has 0 unspecified atom stereocenters. The second kappa shape index (κ2) is 6.44. The molecule has 3 aliphatic rings. The van der Waals surface area contributed by atoms with Crippen LogP contribution in [0.2, 0.25) is 0 Å². The highest BCUT2D eigenvalue weighted by molar-refractivity contribution is 6.06. The number of pyridine rings is 2. The first-order valence-electron chi connectivity index (χ1n) is 9.66. The number of hydrogen-bond acceptors (Lipinski definition) is 4. The Morgan fingerprint density at radius 1 is 1.14 bits per heavy atom. The maximum absolute atomic E-state index is 12.2. The van der Waals surface area contributed by atoms with Gasteiger partial charge in [-0.15, -0.1) is 0 Å². The van der Waals surface area contributed by atoms with Crippen molar-refractivity contribution in [2.45, 2.75) is 19.3 Å². The molecule has 3 N–H and O–H groups in total. The molecule has 7 heteroatoms. The minimum absolute atomic E-state index is 0.200. The van der Waals surface area contributed by atoms with Gasteiger partial charge >= 0.3 is 6.03 Å². The zero-order valence-electron chi connectivity index (χ0n) is 15.6. The maximum Gasteiger partial charge on any atom is 0.327 e. The van der Waals surface area contributed by atoms with Gasteiger partial charge in [0, 0.05) is 37.3 Å². The molecular weight excluding hydrogens is 352 g/mol. The van der Waals surface area contributed by atoms with Crippen molar-refractivity contribution >= 4 is 23.4 Å². The number of nitrogens with zero attached hydrogens (tertiary/aromatic N) is 4. The van der Waals surface area contributed by atoms with Crippen molar-refractivity contribution < 1.29 is 10.2 Å². The van der Waals surface area contributed by atoms with Crippen LogP contribution in [0.25, 0.3) is 0 Å². The van der Waals surface area contributed by atoms with Crippen LogP contribution in [0.15, 0.2) is 54.5 Å². The summed E-state index contributed by atoms with van der Waals surface area (Å²) in [7, 11) is 0. The first-order valence-corrected chi connectivity index (χ1v) is 9.66. The summed E-state index contributed by atoms with van der Waals surface area (Å²) >= 11 is 0. The molecule has 142 valence electrons. The van der Waals surface area contributed by atoms with E-state index in [1.165, 1.54) is 19.3 Å². The molecule has 5 rings (SSSR count). The third-order valence-electron chi connectivity index (χ3n) is 5.90. The quantitative estimate of drug-likeness (QED) is 0.785. The third kappa shape index (κ3) is 3.13. The normalized spacial score (nSPS) is 21.4. The van der Waals surface area contributed by atoms with E-state index >= 15 is 0 Å². The average molecular weight is 375 g/mol. The molecule has 7 nitrogen and oxygen atoms in total. The molecule has 1 spiro atoms. The fraction of sp³-hybridized carbons (Fsp3) is 0.333. The van der Waals surface area contributed by atoms with Gasteiger partial charge in [0.25, 0.3) is 0 Å². The van der Waals surface area contributed by atoms with Gasteiger partial charge in [0.1, 0.15) is 11.6 Å². The number of nitrogens with one attached hydrogen (secondary N) is 1. The fourth-order valence-electron chi connectivity index (χ4n) is 4.00.